The van der Waals surface area contributed by atoms with Crippen molar-refractivity contribution >= 4 is 33.5 Å². The molecule has 3 aromatic heterocycles. The molecule has 0 aliphatic carbocycles. The molecular formula is C26H28N6O3S. The Hall–Kier alpha value is -3.89. The minimum Gasteiger partial charge on any atom is -0.361 e. The minimum absolute atomic E-state index is 0.0240. The number of benzene rings is 1. The van der Waals surface area contributed by atoms with Crippen molar-refractivity contribution in [2.75, 3.05) is 6.67 Å². The molecule has 0 amide bonds. The van der Waals surface area contributed by atoms with E-state index in [1.165, 1.54) is 3.97 Å². The van der Waals surface area contributed by atoms with Crippen LogP contribution in [0, 0.1) is 13.8 Å². The summed E-state index contributed by atoms with van der Waals surface area (Å²) in [6, 6.07) is 11.9. The van der Waals surface area contributed by atoms with Crippen LogP contribution < -0.4 is 5.73 Å². The van der Waals surface area contributed by atoms with E-state index in [4.69, 9.17) is 15.2 Å². The SMILES string of the molecule is C=N/C=C(CCC)\C(=N/CN)c1cn(S(=O)(=O)c2ccccc2)c2nc(-c3c(C)noc3C)ccc12. The molecule has 0 fully saturated rings. The van der Waals surface area contributed by atoms with E-state index in [1.54, 1.807) is 49.7 Å². The molecule has 3 heterocycles. The summed E-state index contributed by atoms with van der Waals surface area (Å²) >= 11 is 0. The summed E-state index contributed by atoms with van der Waals surface area (Å²) in [6.45, 7) is 9.26. The summed E-state index contributed by atoms with van der Waals surface area (Å²) in [5.41, 5.74) is 10.0. The molecule has 4 rings (SSSR count). The number of hydrogen-bond donors (Lipinski definition) is 1. The topological polar surface area (TPSA) is 129 Å². The average molecular weight is 505 g/mol. The molecule has 0 unspecified atom stereocenters. The van der Waals surface area contributed by atoms with Crippen molar-refractivity contribution in [3.05, 3.63) is 77.5 Å². The van der Waals surface area contributed by atoms with Crippen LogP contribution in [0.3, 0.4) is 0 Å². The van der Waals surface area contributed by atoms with Crippen LogP contribution in [0.15, 0.2) is 79.8 Å². The zero-order valence-electron chi connectivity index (χ0n) is 20.5. The molecule has 186 valence electrons. The number of aromatic nitrogens is 3. The van der Waals surface area contributed by atoms with Crippen LogP contribution in [0.4, 0.5) is 0 Å². The second kappa shape index (κ2) is 10.4. The summed E-state index contributed by atoms with van der Waals surface area (Å²) in [6.07, 6.45) is 4.69. The third kappa shape index (κ3) is 4.52. The summed E-state index contributed by atoms with van der Waals surface area (Å²) in [5.74, 6) is 0.596. The Labute approximate surface area is 210 Å². The molecule has 0 saturated heterocycles. The first-order valence-corrected chi connectivity index (χ1v) is 12.9. The number of pyridine rings is 1. The first-order chi connectivity index (χ1) is 17.3. The minimum atomic E-state index is -3.98. The van der Waals surface area contributed by atoms with E-state index in [9.17, 15) is 8.42 Å². The van der Waals surface area contributed by atoms with Crippen LogP contribution in [-0.2, 0) is 10.0 Å². The van der Waals surface area contributed by atoms with Gasteiger partial charge in [-0.15, -0.1) is 0 Å². The average Bonchev–Trinajstić information content (AvgIpc) is 3.42. The van der Waals surface area contributed by atoms with Gasteiger partial charge in [0.1, 0.15) is 5.76 Å². The van der Waals surface area contributed by atoms with Crippen molar-refractivity contribution in [2.24, 2.45) is 15.7 Å². The second-order valence-corrected chi connectivity index (χ2v) is 10.0. The lowest BCUT2D eigenvalue weighted by molar-refractivity contribution is 0.393. The Morgan fingerprint density at radius 1 is 1.19 bits per heavy atom. The van der Waals surface area contributed by atoms with Gasteiger partial charge in [0.15, 0.2) is 5.65 Å². The molecule has 0 spiro atoms. The summed E-state index contributed by atoms with van der Waals surface area (Å²) in [5, 5.41) is 4.63. The second-order valence-electron chi connectivity index (χ2n) is 8.20. The Balaban J connectivity index is 2.06. The van der Waals surface area contributed by atoms with Crippen LogP contribution in [-0.4, -0.2) is 41.6 Å². The molecule has 4 aromatic rings. The van der Waals surface area contributed by atoms with Crippen LogP contribution in [0.5, 0.6) is 0 Å². The number of aliphatic imine (C=N–C) groups is 2. The monoisotopic (exact) mass is 504 g/mol. The molecule has 0 aliphatic heterocycles. The lowest BCUT2D eigenvalue weighted by Gasteiger charge is -2.09. The van der Waals surface area contributed by atoms with Crippen molar-refractivity contribution in [1.29, 1.82) is 0 Å². The van der Waals surface area contributed by atoms with Gasteiger partial charge in [-0.25, -0.2) is 17.4 Å². The van der Waals surface area contributed by atoms with Crippen molar-refractivity contribution in [3.8, 4) is 11.3 Å². The lowest BCUT2D eigenvalue weighted by atomic mass is 9.99. The zero-order chi connectivity index (χ0) is 25.9. The summed E-state index contributed by atoms with van der Waals surface area (Å²) < 4.78 is 34.1. The van der Waals surface area contributed by atoms with Crippen LogP contribution >= 0.6 is 0 Å². The van der Waals surface area contributed by atoms with Gasteiger partial charge >= 0.3 is 0 Å². The summed E-state index contributed by atoms with van der Waals surface area (Å²) in [7, 11) is -3.98. The number of allylic oxidation sites excluding steroid dienone is 1. The molecule has 2 N–H and O–H groups in total. The Bertz CT molecular complexity index is 1560. The van der Waals surface area contributed by atoms with E-state index in [2.05, 4.69) is 21.9 Å². The smallest absolute Gasteiger partial charge is 0.269 e. The van der Waals surface area contributed by atoms with Gasteiger partial charge in [-0.2, -0.15) is 0 Å². The molecule has 1 aromatic carbocycles. The van der Waals surface area contributed by atoms with Gasteiger partial charge in [0, 0.05) is 23.3 Å². The molecule has 36 heavy (non-hydrogen) atoms. The van der Waals surface area contributed by atoms with Crippen LogP contribution in [0.2, 0.25) is 0 Å². The fraction of sp³-hybridized carbons (Fsp3) is 0.231. The highest BCUT2D eigenvalue weighted by Crippen LogP contribution is 2.32. The van der Waals surface area contributed by atoms with Crippen LogP contribution in [0.1, 0.15) is 36.8 Å². The van der Waals surface area contributed by atoms with Gasteiger partial charge in [0.05, 0.1) is 34.2 Å². The van der Waals surface area contributed by atoms with Gasteiger partial charge in [0.25, 0.3) is 10.0 Å². The first kappa shape index (κ1) is 25.2. The van der Waals surface area contributed by atoms with E-state index in [0.29, 0.717) is 40.2 Å². The Morgan fingerprint density at radius 2 is 1.94 bits per heavy atom. The molecule has 0 radical (unpaired) electrons. The fourth-order valence-corrected chi connectivity index (χ4v) is 5.55. The Morgan fingerprint density at radius 3 is 2.56 bits per heavy atom. The van der Waals surface area contributed by atoms with Gasteiger partial charge in [-0.05, 0) is 56.8 Å². The largest absolute Gasteiger partial charge is 0.361 e. The number of fused-ring (bicyclic) bond motifs is 1. The number of aryl methyl sites for hydroxylation is 2. The third-order valence-corrected chi connectivity index (χ3v) is 7.45. The molecule has 9 nitrogen and oxygen atoms in total. The third-order valence-electron chi connectivity index (χ3n) is 5.79. The van der Waals surface area contributed by atoms with E-state index in [1.807, 2.05) is 26.0 Å². The molecule has 0 bridgehead atoms. The quantitative estimate of drug-likeness (QED) is 0.331. The normalized spacial score (nSPS) is 12.9. The highest BCUT2D eigenvalue weighted by Gasteiger charge is 2.26. The molecule has 0 atom stereocenters. The van der Waals surface area contributed by atoms with Crippen molar-refractivity contribution in [1.82, 2.24) is 14.1 Å². The molecule has 0 aliphatic rings. The van der Waals surface area contributed by atoms with Gasteiger partial charge in [0.2, 0.25) is 0 Å². The van der Waals surface area contributed by atoms with E-state index in [0.717, 1.165) is 17.6 Å². The predicted molar refractivity (Wildman–Crippen MR) is 142 cm³/mol. The molecular weight excluding hydrogens is 476 g/mol. The van der Waals surface area contributed by atoms with E-state index < -0.39 is 10.0 Å². The highest BCUT2D eigenvalue weighted by atomic mass is 32.2. The lowest BCUT2D eigenvalue weighted by Crippen LogP contribution is -2.13. The van der Waals surface area contributed by atoms with Crippen molar-refractivity contribution in [3.63, 3.8) is 0 Å². The zero-order valence-corrected chi connectivity index (χ0v) is 21.3. The number of rotatable bonds is 9. The summed E-state index contributed by atoms with van der Waals surface area (Å²) in [4.78, 5) is 13.4. The van der Waals surface area contributed by atoms with Crippen molar-refractivity contribution in [2.45, 2.75) is 38.5 Å². The van der Waals surface area contributed by atoms with Crippen LogP contribution in [0.25, 0.3) is 22.3 Å². The predicted octanol–water partition coefficient (Wildman–Crippen LogP) is 4.64. The number of hydrogen-bond acceptors (Lipinski definition) is 8. The number of nitrogens with two attached hydrogens (primary N) is 1. The molecule has 0 saturated carbocycles. The fourth-order valence-electron chi connectivity index (χ4n) is 4.22. The van der Waals surface area contributed by atoms with E-state index >= 15 is 0 Å². The maximum absolute atomic E-state index is 13.8. The first-order valence-electron chi connectivity index (χ1n) is 11.5. The highest BCUT2D eigenvalue weighted by molar-refractivity contribution is 7.90. The van der Waals surface area contributed by atoms with Gasteiger partial charge in [-0.1, -0.05) is 36.7 Å². The number of nitrogens with zero attached hydrogens (tertiary/aromatic N) is 5. The van der Waals surface area contributed by atoms with Gasteiger partial charge < -0.3 is 10.3 Å². The Kier molecular flexibility index (Phi) is 7.27. The molecule has 10 heteroatoms. The standard InChI is InChI=1S/C26H28N6O3S/c1-5-9-19(14-28-4)25(29-16-27)22-15-32(36(33,34)20-10-7-6-8-11-20)26-21(22)12-13-23(30-26)24-17(2)31-35-18(24)3/h6-8,10-15H,4-5,9,16,27H2,1-3H3/b19-14-,29-25+. The maximum atomic E-state index is 13.8. The van der Waals surface area contributed by atoms with E-state index in [-0.39, 0.29) is 17.2 Å². The maximum Gasteiger partial charge on any atom is 0.269 e. The van der Waals surface area contributed by atoms with Crippen molar-refractivity contribution < 1.29 is 12.9 Å². The van der Waals surface area contributed by atoms with Gasteiger partial charge in [-0.3, -0.25) is 9.98 Å².